The van der Waals surface area contributed by atoms with Crippen molar-refractivity contribution in [2.24, 2.45) is 0 Å². The molecule has 0 atom stereocenters. The Morgan fingerprint density at radius 1 is 1.28 bits per heavy atom. The van der Waals surface area contributed by atoms with Gasteiger partial charge in [-0.05, 0) is 24.6 Å². The van der Waals surface area contributed by atoms with E-state index in [-0.39, 0.29) is 12.7 Å². The van der Waals surface area contributed by atoms with E-state index in [9.17, 15) is 0 Å². The van der Waals surface area contributed by atoms with Crippen molar-refractivity contribution in [1.82, 2.24) is 0 Å². The number of benzene rings is 1. The fourth-order valence-electron chi connectivity index (χ4n) is 2.08. The van der Waals surface area contributed by atoms with Crippen molar-refractivity contribution < 1.29 is 13.9 Å². The molecule has 90 valence electrons. The average molecular weight is 242 g/mol. The summed E-state index contributed by atoms with van der Waals surface area (Å²) in [6, 6.07) is 7.54. The SMILES string of the molecule is Cc1oc(N)c(C#N)c1-c1ccc2c(c1)OCO2. The third-order valence-electron chi connectivity index (χ3n) is 2.88. The van der Waals surface area contributed by atoms with Gasteiger partial charge in [0.2, 0.25) is 12.7 Å². The Hall–Kier alpha value is -2.61. The van der Waals surface area contributed by atoms with E-state index in [1.165, 1.54) is 0 Å². The van der Waals surface area contributed by atoms with Crippen LogP contribution in [0, 0.1) is 18.3 Å². The third kappa shape index (κ3) is 1.39. The second-order valence-corrected chi connectivity index (χ2v) is 3.95. The van der Waals surface area contributed by atoms with Gasteiger partial charge in [0, 0.05) is 5.56 Å². The van der Waals surface area contributed by atoms with Crippen molar-refractivity contribution >= 4 is 5.88 Å². The van der Waals surface area contributed by atoms with E-state index in [1.807, 2.05) is 12.1 Å². The molecule has 0 unspecified atom stereocenters. The molecule has 1 aliphatic rings. The lowest BCUT2D eigenvalue weighted by atomic mass is 10.0. The highest BCUT2D eigenvalue weighted by molar-refractivity contribution is 5.78. The molecule has 1 aliphatic heterocycles. The number of hydrogen-bond donors (Lipinski definition) is 1. The molecule has 5 nitrogen and oxygen atoms in total. The zero-order valence-corrected chi connectivity index (χ0v) is 9.69. The number of nitrogens with zero attached hydrogens (tertiary/aromatic N) is 1. The summed E-state index contributed by atoms with van der Waals surface area (Å²) in [6.45, 7) is 1.99. The Morgan fingerprint density at radius 2 is 2.06 bits per heavy atom. The number of nitrogen functional groups attached to an aromatic ring is 1. The van der Waals surface area contributed by atoms with Crippen molar-refractivity contribution in [2.75, 3.05) is 12.5 Å². The van der Waals surface area contributed by atoms with Crippen LogP contribution in [0.25, 0.3) is 11.1 Å². The van der Waals surface area contributed by atoms with Gasteiger partial charge in [0.25, 0.3) is 0 Å². The van der Waals surface area contributed by atoms with Gasteiger partial charge in [-0.15, -0.1) is 0 Å². The fourth-order valence-corrected chi connectivity index (χ4v) is 2.08. The van der Waals surface area contributed by atoms with Crippen molar-refractivity contribution in [1.29, 1.82) is 5.26 Å². The van der Waals surface area contributed by atoms with E-state index >= 15 is 0 Å². The number of fused-ring (bicyclic) bond motifs is 1. The standard InChI is InChI=1S/C13H10N2O3/c1-7-12(9(5-14)13(15)18-7)8-2-3-10-11(4-8)17-6-16-10/h2-4H,6,15H2,1H3. The lowest BCUT2D eigenvalue weighted by Gasteiger charge is -2.02. The molecule has 2 aromatic rings. The molecule has 0 saturated carbocycles. The Labute approximate surface area is 103 Å². The Kier molecular flexibility index (Phi) is 2.17. The minimum Gasteiger partial charge on any atom is -0.454 e. The topological polar surface area (TPSA) is 81.4 Å². The van der Waals surface area contributed by atoms with Crippen LogP contribution in [-0.4, -0.2) is 6.79 Å². The molecule has 1 aromatic carbocycles. The maximum absolute atomic E-state index is 9.12. The molecule has 0 amide bonds. The normalized spacial score (nSPS) is 12.4. The van der Waals surface area contributed by atoms with E-state index < -0.39 is 0 Å². The maximum Gasteiger partial charge on any atom is 0.231 e. The first kappa shape index (κ1) is 10.5. The zero-order chi connectivity index (χ0) is 12.7. The number of hydrogen-bond acceptors (Lipinski definition) is 5. The van der Waals surface area contributed by atoms with Crippen LogP contribution in [0.5, 0.6) is 11.5 Å². The van der Waals surface area contributed by atoms with Crippen molar-refractivity contribution in [3.63, 3.8) is 0 Å². The predicted octanol–water partition coefficient (Wildman–Crippen LogP) is 2.44. The first-order chi connectivity index (χ1) is 8.70. The summed E-state index contributed by atoms with van der Waals surface area (Å²) in [7, 11) is 0. The number of ether oxygens (including phenoxy) is 2. The molecule has 0 fully saturated rings. The monoisotopic (exact) mass is 242 g/mol. The molecule has 0 radical (unpaired) electrons. The average Bonchev–Trinajstić information content (AvgIpc) is 2.91. The molecule has 2 N–H and O–H groups in total. The summed E-state index contributed by atoms with van der Waals surface area (Å²) in [5.74, 6) is 2.12. The van der Waals surface area contributed by atoms with Crippen LogP contribution < -0.4 is 15.2 Å². The Bertz CT molecular complexity index is 668. The van der Waals surface area contributed by atoms with Crippen LogP contribution >= 0.6 is 0 Å². The zero-order valence-electron chi connectivity index (χ0n) is 9.69. The number of anilines is 1. The summed E-state index contributed by atoms with van der Waals surface area (Å²) < 4.78 is 15.9. The van der Waals surface area contributed by atoms with E-state index in [2.05, 4.69) is 6.07 Å². The quantitative estimate of drug-likeness (QED) is 0.830. The van der Waals surface area contributed by atoms with E-state index in [1.54, 1.807) is 13.0 Å². The van der Waals surface area contributed by atoms with E-state index in [0.717, 1.165) is 5.56 Å². The summed E-state index contributed by atoms with van der Waals surface area (Å²) >= 11 is 0. The fraction of sp³-hybridized carbons (Fsp3) is 0.154. The molecular weight excluding hydrogens is 232 g/mol. The van der Waals surface area contributed by atoms with Crippen molar-refractivity contribution in [3.8, 4) is 28.7 Å². The number of aryl methyl sites for hydroxylation is 1. The molecule has 2 heterocycles. The summed E-state index contributed by atoms with van der Waals surface area (Å²) in [5.41, 5.74) is 7.54. The Morgan fingerprint density at radius 3 is 2.83 bits per heavy atom. The van der Waals surface area contributed by atoms with Gasteiger partial charge in [-0.25, -0.2) is 0 Å². The van der Waals surface area contributed by atoms with Crippen molar-refractivity contribution in [2.45, 2.75) is 6.92 Å². The van der Waals surface area contributed by atoms with E-state index in [4.69, 9.17) is 24.9 Å². The second-order valence-electron chi connectivity index (χ2n) is 3.95. The molecule has 0 bridgehead atoms. The van der Waals surface area contributed by atoms with Gasteiger partial charge in [0.05, 0.1) is 0 Å². The van der Waals surface area contributed by atoms with Crippen LogP contribution in [-0.2, 0) is 0 Å². The highest BCUT2D eigenvalue weighted by Crippen LogP contribution is 2.39. The minimum absolute atomic E-state index is 0.141. The smallest absolute Gasteiger partial charge is 0.231 e. The molecule has 1 aromatic heterocycles. The van der Waals surface area contributed by atoms with Gasteiger partial charge in [0.15, 0.2) is 11.5 Å². The molecule has 18 heavy (non-hydrogen) atoms. The molecular formula is C13H10N2O3. The van der Waals surface area contributed by atoms with Crippen LogP contribution in [0.15, 0.2) is 22.6 Å². The maximum atomic E-state index is 9.12. The van der Waals surface area contributed by atoms with Gasteiger partial charge in [-0.3, -0.25) is 0 Å². The molecule has 0 aliphatic carbocycles. The molecule has 5 heteroatoms. The van der Waals surface area contributed by atoms with Gasteiger partial charge in [-0.1, -0.05) is 6.07 Å². The first-order valence-corrected chi connectivity index (χ1v) is 5.39. The summed E-state index contributed by atoms with van der Waals surface area (Å²) in [6.07, 6.45) is 0. The molecule has 3 rings (SSSR count). The van der Waals surface area contributed by atoms with Gasteiger partial charge in [-0.2, -0.15) is 5.26 Å². The molecule has 0 spiro atoms. The summed E-state index contributed by atoms with van der Waals surface area (Å²) in [4.78, 5) is 0. The lowest BCUT2D eigenvalue weighted by Crippen LogP contribution is -1.92. The van der Waals surface area contributed by atoms with Gasteiger partial charge in [0.1, 0.15) is 17.4 Å². The van der Waals surface area contributed by atoms with Crippen LogP contribution in [0.3, 0.4) is 0 Å². The van der Waals surface area contributed by atoms with Gasteiger partial charge < -0.3 is 19.6 Å². The van der Waals surface area contributed by atoms with Crippen molar-refractivity contribution in [3.05, 3.63) is 29.5 Å². The highest BCUT2D eigenvalue weighted by Gasteiger charge is 2.20. The van der Waals surface area contributed by atoms with Crippen LogP contribution in [0.4, 0.5) is 5.88 Å². The number of nitrogens with two attached hydrogens (primary N) is 1. The van der Waals surface area contributed by atoms with Gasteiger partial charge >= 0.3 is 0 Å². The summed E-state index contributed by atoms with van der Waals surface area (Å²) in [5, 5.41) is 9.12. The largest absolute Gasteiger partial charge is 0.454 e. The second kappa shape index (κ2) is 3.70. The number of rotatable bonds is 1. The lowest BCUT2D eigenvalue weighted by molar-refractivity contribution is 0.174. The first-order valence-electron chi connectivity index (χ1n) is 5.39. The van der Waals surface area contributed by atoms with Crippen LogP contribution in [0.1, 0.15) is 11.3 Å². The Balaban J connectivity index is 2.19. The third-order valence-corrected chi connectivity index (χ3v) is 2.88. The number of furan rings is 1. The predicted molar refractivity (Wildman–Crippen MR) is 64.1 cm³/mol. The molecule has 0 saturated heterocycles. The number of nitriles is 1. The van der Waals surface area contributed by atoms with E-state index in [0.29, 0.717) is 28.4 Å². The minimum atomic E-state index is 0.141. The van der Waals surface area contributed by atoms with Crippen LogP contribution in [0.2, 0.25) is 0 Å². The highest BCUT2D eigenvalue weighted by atomic mass is 16.7.